The fourth-order valence-electron chi connectivity index (χ4n) is 15.3. The lowest BCUT2D eigenvalue weighted by Gasteiger charge is -2.47. The fraction of sp³-hybridized carbons (Fsp3) is 0.0986. The zero-order chi connectivity index (χ0) is 48.0. The van der Waals surface area contributed by atoms with E-state index in [9.17, 15) is 0 Å². The van der Waals surface area contributed by atoms with E-state index < -0.39 is 10.8 Å². The minimum atomic E-state index is -0.607. The Bertz CT molecular complexity index is 4320. The van der Waals surface area contributed by atoms with Gasteiger partial charge in [-0.3, -0.25) is 0 Å². The summed E-state index contributed by atoms with van der Waals surface area (Å²) in [5, 5.41) is 5.56. The summed E-state index contributed by atoms with van der Waals surface area (Å²) < 4.78 is 2.67. The maximum absolute atomic E-state index is 2.65. The van der Waals surface area contributed by atoms with Crippen LogP contribution in [0.15, 0.2) is 224 Å². The third-order valence-corrected chi connectivity index (χ3v) is 19.5. The molecular weight excluding hydrogens is 899 g/mol. The fourth-order valence-corrected chi connectivity index (χ4v) is 16.7. The Morgan fingerprint density at radius 2 is 0.904 bits per heavy atom. The van der Waals surface area contributed by atoms with Crippen LogP contribution in [0.5, 0.6) is 0 Å². The molecule has 4 aliphatic carbocycles. The van der Waals surface area contributed by atoms with E-state index in [0.717, 1.165) is 12.8 Å². The maximum atomic E-state index is 2.65. The van der Waals surface area contributed by atoms with Crippen LogP contribution in [0.25, 0.3) is 64.3 Å². The van der Waals surface area contributed by atoms with E-state index in [1.54, 1.807) is 0 Å². The smallest absolute Gasteiger partial charge is 0.0742 e. The molecule has 2 heterocycles. The zero-order valence-corrected chi connectivity index (χ0v) is 41.4. The average molecular weight is 946 g/mol. The standard InChI is InChI=1S/C71H47NS/c1-69(2)53-26-12-9-24-48(53)52-40-60-63(41-59(52)69)72(61-30-16-15-29-56(61)70(60,44-18-5-3-6-19-44)45-20-7-4-8-21-45)62-31-17-25-49-50-37-39-58-66(68(50)73-67(49)62)51-36-34-42-32-33-43-35-38-57(65(51)64(42)43)71(58)54-27-13-10-22-46(54)47-23-11-14-28-55(47)71/h3-31,34-41H,32-33H2,1-2H3. The van der Waals surface area contributed by atoms with E-state index in [-0.39, 0.29) is 5.41 Å². The summed E-state index contributed by atoms with van der Waals surface area (Å²) in [6, 6.07) is 86.7. The molecule has 1 spiro atoms. The highest BCUT2D eigenvalue weighted by Gasteiger charge is 2.52. The number of para-hydroxylation sites is 1. The van der Waals surface area contributed by atoms with E-state index in [1.165, 1.54) is 148 Å². The molecule has 0 fully saturated rings. The first-order valence-electron chi connectivity index (χ1n) is 26.0. The monoisotopic (exact) mass is 945 g/mol. The number of aryl methyl sites for hydroxylation is 2. The molecule has 0 amide bonds. The van der Waals surface area contributed by atoms with E-state index in [0.29, 0.717) is 0 Å². The van der Waals surface area contributed by atoms with Gasteiger partial charge in [-0.05, 0) is 142 Å². The van der Waals surface area contributed by atoms with Crippen LogP contribution in [0.3, 0.4) is 0 Å². The Balaban J connectivity index is 0.997. The van der Waals surface area contributed by atoms with Crippen LogP contribution in [0.1, 0.15) is 80.6 Å². The third-order valence-electron chi connectivity index (χ3n) is 18.2. The minimum absolute atomic E-state index is 0.194. The van der Waals surface area contributed by atoms with E-state index in [1.807, 2.05) is 11.3 Å². The predicted octanol–water partition coefficient (Wildman–Crippen LogP) is 18.1. The van der Waals surface area contributed by atoms with Crippen LogP contribution < -0.4 is 4.90 Å². The van der Waals surface area contributed by atoms with Crippen molar-refractivity contribution in [3.05, 3.63) is 291 Å². The summed E-state index contributed by atoms with van der Waals surface area (Å²) in [4.78, 5) is 2.65. The van der Waals surface area contributed by atoms with Gasteiger partial charge in [0.25, 0.3) is 0 Å². The molecule has 0 saturated heterocycles. The largest absolute Gasteiger partial charge is 0.308 e. The Labute approximate surface area is 429 Å². The van der Waals surface area contributed by atoms with Gasteiger partial charge in [0, 0.05) is 26.5 Å². The van der Waals surface area contributed by atoms with Crippen LogP contribution >= 0.6 is 11.3 Å². The molecule has 73 heavy (non-hydrogen) atoms. The predicted molar refractivity (Wildman–Crippen MR) is 305 cm³/mol. The Hall–Kier alpha value is -8.30. The van der Waals surface area contributed by atoms with Crippen molar-refractivity contribution in [2.75, 3.05) is 4.90 Å². The van der Waals surface area contributed by atoms with Crippen molar-refractivity contribution in [3.8, 4) is 33.4 Å². The van der Waals surface area contributed by atoms with Crippen molar-refractivity contribution in [3.63, 3.8) is 0 Å². The van der Waals surface area contributed by atoms with Gasteiger partial charge in [0.2, 0.25) is 0 Å². The van der Waals surface area contributed by atoms with Crippen molar-refractivity contribution >= 4 is 59.3 Å². The van der Waals surface area contributed by atoms with Crippen molar-refractivity contribution in [1.29, 1.82) is 0 Å². The number of hydrogen-bond donors (Lipinski definition) is 0. The summed E-state index contributed by atoms with van der Waals surface area (Å²) >= 11 is 2.00. The Morgan fingerprint density at radius 3 is 1.60 bits per heavy atom. The Morgan fingerprint density at radius 1 is 0.342 bits per heavy atom. The molecule has 0 N–H and O–H groups in total. The van der Waals surface area contributed by atoms with Crippen LogP contribution in [-0.2, 0) is 29.1 Å². The molecule has 0 unspecified atom stereocenters. The average Bonchev–Trinajstić information content (AvgIpc) is 4.20. The Kier molecular flexibility index (Phi) is 7.74. The highest BCUT2D eigenvalue weighted by Crippen LogP contribution is 2.66. The molecule has 342 valence electrons. The molecule has 17 rings (SSSR count). The molecule has 12 aromatic rings. The van der Waals surface area contributed by atoms with Gasteiger partial charge in [-0.15, -0.1) is 11.3 Å². The van der Waals surface area contributed by atoms with Gasteiger partial charge >= 0.3 is 0 Å². The number of rotatable bonds is 3. The summed E-state index contributed by atoms with van der Waals surface area (Å²) in [5.74, 6) is 0. The summed E-state index contributed by atoms with van der Waals surface area (Å²) in [5.41, 5.74) is 26.9. The molecule has 0 atom stereocenters. The van der Waals surface area contributed by atoms with Gasteiger partial charge in [-0.2, -0.15) is 0 Å². The second kappa shape index (κ2) is 14.0. The molecule has 5 aliphatic rings. The molecule has 0 bridgehead atoms. The highest BCUT2D eigenvalue weighted by atomic mass is 32.1. The first-order chi connectivity index (χ1) is 36.0. The van der Waals surface area contributed by atoms with Crippen molar-refractivity contribution in [2.45, 2.75) is 42.9 Å². The van der Waals surface area contributed by atoms with E-state index >= 15 is 0 Å². The molecular formula is C71H47NS. The van der Waals surface area contributed by atoms with Gasteiger partial charge in [-0.1, -0.05) is 214 Å². The van der Waals surface area contributed by atoms with Gasteiger partial charge in [-0.25, -0.2) is 0 Å². The summed E-state index contributed by atoms with van der Waals surface area (Å²) in [6.07, 6.45) is 2.19. The second-order valence-corrected chi connectivity index (χ2v) is 22.7. The zero-order valence-electron chi connectivity index (χ0n) is 40.6. The van der Waals surface area contributed by atoms with Crippen molar-refractivity contribution < 1.29 is 0 Å². The molecule has 2 heteroatoms. The van der Waals surface area contributed by atoms with Crippen LogP contribution in [0.2, 0.25) is 0 Å². The molecule has 0 radical (unpaired) electrons. The van der Waals surface area contributed by atoms with Gasteiger partial charge in [0.1, 0.15) is 0 Å². The maximum Gasteiger partial charge on any atom is 0.0742 e. The van der Waals surface area contributed by atoms with Crippen LogP contribution in [0.4, 0.5) is 17.1 Å². The summed E-state index contributed by atoms with van der Waals surface area (Å²) in [6.45, 7) is 4.84. The molecule has 1 aliphatic heterocycles. The lowest BCUT2D eigenvalue weighted by atomic mass is 9.61. The summed E-state index contributed by atoms with van der Waals surface area (Å²) in [7, 11) is 0. The van der Waals surface area contributed by atoms with Crippen LogP contribution in [0, 0.1) is 0 Å². The number of benzene rings is 11. The van der Waals surface area contributed by atoms with E-state index in [4.69, 9.17) is 0 Å². The van der Waals surface area contributed by atoms with Gasteiger partial charge in [0.05, 0.1) is 32.6 Å². The number of thiophene rings is 1. The van der Waals surface area contributed by atoms with Crippen molar-refractivity contribution in [2.24, 2.45) is 0 Å². The normalized spacial score (nSPS) is 16.0. The first-order valence-corrected chi connectivity index (χ1v) is 26.9. The topological polar surface area (TPSA) is 3.24 Å². The number of fused-ring (bicyclic) bond motifs is 18. The molecule has 1 nitrogen and oxygen atoms in total. The molecule has 1 aromatic heterocycles. The minimum Gasteiger partial charge on any atom is -0.308 e. The highest BCUT2D eigenvalue weighted by molar-refractivity contribution is 7.27. The van der Waals surface area contributed by atoms with E-state index in [2.05, 4.69) is 243 Å². The lowest BCUT2D eigenvalue weighted by molar-refractivity contribution is 0.658. The number of hydrogen-bond acceptors (Lipinski definition) is 2. The van der Waals surface area contributed by atoms with Gasteiger partial charge in [0.15, 0.2) is 0 Å². The quantitative estimate of drug-likeness (QED) is 0.171. The van der Waals surface area contributed by atoms with Gasteiger partial charge < -0.3 is 4.90 Å². The van der Waals surface area contributed by atoms with Crippen molar-refractivity contribution in [1.82, 2.24) is 0 Å². The van der Waals surface area contributed by atoms with Crippen LogP contribution in [-0.4, -0.2) is 0 Å². The second-order valence-electron chi connectivity index (χ2n) is 21.7. The molecule has 0 saturated carbocycles. The third kappa shape index (κ3) is 4.76. The number of nitrogens with zero attached hydrogens (tertiary/aromatic N) is 1. The first kappa shape index (κ1) is 40.3. The lowest BCUT2D eigenvalue weighted by Crippen LogP contribution is -2.38. The SMILES string of the molecule is CC1(C)c2ccccc2-c2cc3c(cc21)N(c1cccc2c1sc1c4c(ccc12)C1(c2ccccc2-c2ccccc21)c1ccc2c5c(ccc-4c15)CC2)c1ccccc1C3(c1ccccc1)c1ccccc1. The number of anilines is 3. The molecule has 11 aromatic carbocycles.